The van der Waals surface area contributed by atoms with Gasteiger partial charge in [-0.15, -0.1) is 0 Å². The molecule has 0 radical (unpaired) electrons. The summed E-state index contributed by atoms with van der Waals surface area (Å²) in [6.45, 7) is 2.14. The molecule has 5 heteroatoms. The van der Waals surface area contributed by atoms with E-state index in [1.807, 2.05) is 0 Å². The van der Waals surface area contributed by atoms with Crippen LogP contribution in [0.2, 0.25) is 0 Å². The minimum absolute atomic E-state index is 0.192. The van der Waals surface area contributed by atoms with E-state index in [1.54, 1.807) is 11.8 Å². The van der Waals surface area contributed by atoms with Gasteiger partial charge in [-0.05, 0) is 19.1 Å². The summed E-state index contributed by atoms with van der Waals surface area (Å²) in [5.41, 5.74) is 0. The van der Waals surface area contributed by atoms with E-state index in [0.29, 0.717) is 17.5 Å². The summed E-state index contributed by atoms with van der Waals surface area (Å²) in [5.74, 6) is 1.76. The predicted molar refractivity (Wildman–Crippen MR) is 62.7 cm³/mol. The first-order chi connectivity index (χ1) is 6.57. The van der Waals surface area contributed by atoms with Gasteiger partial charge in [0.1, 0.15) is 0 Å². The van der Waals surface area contributed by atoms with Crippen molar-refractivity contribution in [3.8, 4) is 0 Å². The highest BCUT2D eigenvalue weighted by Crippen LogP contribution is 2.13. The van der Waals surface area contributed by atoms with E-state index in [0.717, 1.165) is 18.6 Å². The van der Waals surface area contributed by atoms with Crippen molar-refractivity contribution in [1.82, 2.24) is 5.32 Å². The van der Waals surface area contributed by atoms with Crippen LogP contribution in [0.3, 0.4) is 0 Å². The molecule has 0 aromatic carbocycles. The third kappa shape index (κ3) is 3.79. The quantitative estimate of drug-likeness (QED) is 0.772. The standard InChI is InChI=1S/C9H19NO2S2/c1-3-8(6-13-2)10-9-4-5-14(11,12)7-9/h8-10H,3-7H2,1-2H3. The molecule has 0 aromatic rings. The first-order valence-corrected chi connectivity index (χ1v) is 8.24. The summed E-state index contributed by atoms with van der Waals surface area (Å²) in [4.78, 5) is 0. The molecule has 0 saturated carbocycles. The monoisotopic (exact) mass is 237 g/mol. The lowest BCUT2D eigenvalue weighted by Gasteiger charge is -2.19. The van der Waals surface area contributed by atoms with Crippen molar-refractivity contribution in [3.63, 3.8) is 0 Å². The zero-order chi connectivity index (χ0) is 10.6. The van der Waals surface area contributed by atoms with Gasteiger partial charge in [0.05, 0.1) is 11.5 Å². The zero-order valence-electron chi connectivity index (χ0n) is 8.82. The summed E-state index contributed by atoms with van der Waals surface area (Å²) in [7, 11) is -2.73. The van der Waals surface area contributed by atoms with Gasteiger partial charge in [0, 0.05) is 17.8 Å². The molecule has 1 fully saturated rings. The van der Waals surface area contributed by atoms with E-state index in [9.17, 15) is 8.42 Å². The maximum atomic E-state index is 11.2. The van der Waals surface area contributed by atoms with Crippen molar-refractivity contribution in [2.24, 2.45) is 0 Å². The fraction of sp³-hybridized carbons (Fsp3) is 1.00. The van der Waals surface area contributed by atoms with E-state index < -0.39 is 9.84 Å². The molecule has 1 rings (SSSR count). The lowest BCUT2D eigenvalue weighted by Crippen LogP contribution is -2.40. The van der Waals surface area contributed by atoms with Gasteiger partial charge in [-0.25, -0.2) is 8.42 Å². The Morgan fingerprint density at radius 2 is 2.29 bits per heavy atom. The number of hydrogen-bond donors (Lipinski definition) is 1. The van der Waals surface area contributed by atoms with Gasteiger partial charge >= 0.3 is 0 Å². The van der Waals surface area contributed by atoms with Crippen LogP contribution in [0.5, 0.6) is 0 Å². The molecule has 84 valence electrons. The summed E-state index contributed by atoms with van der Waals surface area (Å²) in [5, 5.41) is 3.42. The van der Waals surface area contributed by atoms with Crippen LogP contribution < -0.4 is 5.32 Å². The normalized spacial score (nSPS) is 27.7. The SMILES string of the molecule is CCC(CSC)NC1CCS(=O)(=O)C1. The van der Waals surface area contributed by atoms with E-state index in [2.05, 4.69) is 18.5 Å². The highest BCUT2D eigenvalue weighted by atomic mass is 32.2. The van der Waals surface area contributed by atoms with Gasteiger partial charge < -0.3 is 5.32 Å². The van der Waals surface area contributed by atoms with Crippen LogP contribution in [-0.2, 0) is 9.84 Å². The topological polar surface area (TPSA) is 46.2 Å². The Labute approximate surface area is 91.0 Å². The fourth-order valence-corrected chi connectivity index (χ4v) is 4.17. The van der Waals surface area contributed by atoms with Crippen molar-refractivity contribution in [1.29, 1.82) is 0 Å². The Hall–Kier alpha value is 0.260. The van der Waals surface area contributed by atoms with Crippen molar-refractivity contribution >= 4 is 21.6 Å². The molecule has 14 heavy (non-hydrogen) atoms. The van der Waals surface area contributed by atoms with Crippen molar-refractivity contribution < 1.29 is 8.42 Å². The fourth-order valence-electron chi connectivity index (χ4n) is 1.74. The van der Waals surface area contributed by atoms with Gasteiger partial charge in [-0.1, -0.05) is 6.92 Å². The van der Waals surface area contributed by atoms with E-state index >= 15 is 0 Å². The maximum Gasteiger partial charge on any atom is 0.151 e. The van der Waals surface area contributed by atoms with Crippen LogP contribution in [0.25, 0.3) is 0 Å². The number of sulfone groups is 1. The predicted octanol–water partition coefficient (Wildman–Crippen LogP) is 0.905. The van der Waals surface area contributed by atoms with Crippen molar-refractivity contribution in [2.45, 2.75) is 31.8 Å². The Balaban J connectivity index is 2.37. The van der Waals surface area contributed by atoms with Gasteiger partial charge in [-0.2, -0.15) is 11.8 Å². The van der Waals surface area contributed by atoms with Crippen LogP contribution in [-0.4, -0.2) is 44.0 Å². The molecule has 3 nitrogen and oxygen atoms in total. The minimum Gasteiger partial charge on any atom is -0.309 e. The second kappa shape index (κ2) is 5.37. The van der Waals surface area contributed by atoms with Crippen molar-refractivity contribution in [2.75, 3.05) is 23.5 Å². The average molecular weight is 237 g/mol. The number of nitrogens with one attached hydrogen (secondary N) is 1. The Morgan fingerprint density at radius 1 is 1.57 bits per heavy atom. The molecule has 1 saturated heterocycles. The summed E-state index contributed by atoms with van der Waals surface area (Å²) < 4.78 is 22.4. The molecular formula is C9H19NO2S2. The number of rotatable bonds is 5. The second-order valence-electron chi connectivity index (χ2n) is 3.83. The van der Waals surface area contributed by atoms with Crippen LogP contribution in [0.15, 0.2) is 0 Å². The van der Waals surface area contributed by atoms with E-state index in [1.165, 1.54) is 0 Å². The Bertz CT molecular complexity index is 264. The molecule has 1 aliphatic rings. The number of thioether (sulfide) groups is 1. The van der Waals surface area contributed by atoms with Gasteiger partial charge in [-0.3, -0.25) is 0 Å². The molecule has 1 heterocycles. The first-order valence-electron chi connectivity index (χ1n) is 5.03. The molecule has 0 aliphatic carbocycles. The lowest BCUT2D eigenvalue weighted by molar-refractivity contribution is 0.467. The molecule has 0 amide bonds. The largest absolute Gasteiger partial charge is 0.309 e. The summed E-state index contributed by atoms with van der Waals surface area (Å²) >= 11 is 1.81. The smallest absolute Gasteiger partial charge is 0.151 e. The van der Waals surface area contributed by atoms with Crippen LogP contribution in [0.1, 0.15) is 19.8 Å². The highest BCUT2D eigenvalue weighted by molar-refractivity contribution is 7.98. The Kier molecular flexibility index (Phi) is 4.73. The molecule has 0 aromatic heterocycles. The average Bonchev–Trinajstić information content (AvgIpc) is 2.45. The first kappa shape index (κ1) is 12.3. The van der Waals surface area contributed by atoms with E-state index in [4.69, 9.17) is 0 Å². The van der Waals surface area contributed by atoms with Gasteiger partial charge in [0.2, 0.25) is 0 Å². The summed E-state index contributed by atoms with van der Waals surface area (Å²) in [6, 6.07) is 0.653. The Morgan fingerprint density at radius 3 is 2.71 bits per heavy atom. The zero-order valence-corrected chi connectivity index (χ0v) is 10.5. The van der Waals surface area contributed by atoms with Crippen LogP contribution in [0.4, 0.5) is 0 Å². The maximum absolute atomic E-state index is 11.2. The second-order valence-corrected chi connectivity index (χ2v) is 6.97. The minimum atomic E-state index is -2.73. The summed E-state index contributed by atoms with van der Waals surface area (Å²) in [6.07, 6.45) is 3.93. The molecule has 1 N–H and O–H groups in total. The van der Waals surface area contributed by atoms with Gasteiger partial charge in [0.15, 0.2) is 9.84 Å². The molecule has 0 spiro atoms. The lowest BCUT2D eigenvalue weighted by atomic mass is 10.2. The van der Waals surface area contributed by atoms with Crippen LogP contribution >= 0.6 is 11.8 Å². The van der Waals surface area contributed by atoms with Crippen molar-refractivity contribution in [3.05, 3.63) is 0 Å². The third-order valence-corrected chi connectivity index (χ3v) is 5.07. The molecular weight excluding hydrogens is 218 g/mol. The highest BCUT2D eigenvalue weighted by Gasteiger charge is 2.28. The van der Waals surface area contributed by atoms with E-state index in [-0.39, 0.29) is 6.04 Å². The molecule has 1 aliphatic heterocycles. The van der Waals surface area contributed by atoms with Crippen LogP contribution in [0, 0.1) is 0 Å². The molecule has 2 unspecified atom stereocenters. The third-order valence-electron chi connectivity index (χ3n) is 2.56. The van der Waals surface area contributed by atoms with Gasteiger partial charge in [0.25, 0.3) is 0 Å². The molecule has 2 atom stereocenters. The number of hydrogen-bond acceptors (Lipinski definition) is 4. The molecule has 0 bridgehead atoms.